The number of aliphatic carboxylic acids is 2. The van der Waals surface area contributed by atoms with Gasteiger partial charge >= 0.3 is 17.9 Å². The van der Waals surface area contributed by atoms with Crippen LogP contribution in [0.1, 0.15) is 26.2 Å². The van der Waals surface area contributed by atoms with E-state index in [4.69, 9.17) is 24.5 Å². The van der Waals surface area contributed by atoms with Gasteiger partial charge in [-0.05, 0) is 26.3 Å². The highest BCUT2D eigenvalue weighted by Gasteiger charge is 2.20. The zero-order chi connectivity index (χ0) is 13.3. The lowest BCUT2D eigenvalue weighted by Gasteiger charge is -2.21. The Kier molecular flexibility index (Phi) is 7.70. The summed E-state index contributed by atoms with van der Waals surface area (Å²) in [6.45, 7) is 3.27. The number of carbonyl (C=O) groups is 3. The molecule has 3 N–H and O–H groups in total. The molecule has 0 bridgehead atoms. The van der Waals surface area contributed by atoms with Gasteiger partial charge in [0.15, 0.2) is 0 Å². The quantitative estimate of drug-likeness (QED) is 0.459. The van der Waals surface area contributed by atoms with E-state index in [9.17, 15) is 4.79 Å². The van der Waals surface area contributed by atoms with Crippen molar-refractivity contribution in [1.82, 2.24) is 5.32 Å². The second-order valence-corrected chi connectivity index (χ2v) is 3.36. The first kappa shape index (κ1) is 15.4. The topological polar surface area (TPSA) is 113 Å². The molecule has 1 heterocycles. The minimum atomic E-state index is -1.82. The average molecular weight is 247 g/mol. The molecule has 0 radical (unpaired) electrons. The molecule has 1 atom stereocenters. The van der Waals surface area contributed by atoms with Crippen molar-refractivity contribution in [3.63, 3.8) is 0 Å². The SMILES string of the molecule is CCOC(=O)C1CCCCN1.O=C(O)C(=O)O. The number of esters is 1. The van der Waals surface area contributed by atoms with Gasteiger partial charge in [-0.25, -0.2) is 9.59 Å². The van der Waals surface area contributed by atoms with E-state index in [1.54, 1.807) is 0 Å². The van der Waals surface area contributed by atoms with Gasteiger partial charge < -0.3 is 20.3 Å². The predicted molar refractivity (Wildman–Crippen MR) is 57.5 cm³/mol. The molecule has 0 saturated carbocycles. The lowest BCUT2D eigenvalue weighted by molar-refractivity contribution is -0.159. The number of carbonyl (C=O) groups excluding carboxylic acids is 1. The largest absolute Gasteiger partial charge is 0.473 e. The number of nitrogens with one attached hydrogen (secondary N) is 1. The smallest absolute Gasteiger partial charge is 0.414 e. The molecule has 7 heteroatoms. The summed E-state index contributed by atoms with van der Waals surface area (Å²) < 4.78 is 4.88. The van der Waals surface area contributed by atoms with Crippen molar-refractivity contribution < 1.29 is 29.3 Å². The van der Waals surface area contributed by atoms with Crippen LogP contribution in [0.4, 0.5) is 0 Å². The molecule has 1 unspecified atom stereocenters. The highest BCUT2D eigenvalue weighted by Crippen LogP contribution is 2.07. The van der Waals surface area contributed by atoms with Crippen LogP contribution in [0.2, 0.25) is 0 Å². The standard InChI is InChI=1S/C8H15NO2.C2H2O4/c1-2-11-8(10)7-5-3-4-6-9-7;3-1(4)2(5)6/h7,9H,2-6H2,1H3;(H,3,4)(H,5,6). The molecular weight excluding hydrogens is 230 g/mol. The van der Waals surface area contributed by atoms with E-state index in [-0.39, 0.29) is 12.0 Å². The summed E-state index contributed by atoms with van der Waals surface area (Å²) in [5, 5.41) is 17.9. The van der Waals surface area contributed by atoms with Crippen LogP contribution in [0.5, 0.6) is 0 Å². The van der Waals surface area contributed by atoms with Crippen molar-refractivity contribution in [1.29, 1.82) is 0 Å². The third-order valence-electron chi connectivity index (χ3n) is 2.06. The van der Waals surface area contributed by atoms with E-state index in [1.165, 1.54) is 6.42 Å². The van der Waals surface area contributed by atoms with E-state index in [0.29, 0.717) is 6.61 Å². The van der Waals surface area contributed by atoms with E-state index in [1.807, 2.05) is 6.92 Å². The van der Waals surface area contributed by atoms with Crippen molar-refractivity contribution in [3.05, 3.63) is 0 Å². The maximum absolute atomic E-state index is 11.1. The molecule has 0 aliphatic carbocycles. The van der Waals surface area contributed by atoms with Crippen molar-refractivity contribution >= 4 is 17.9 Å². The molecule has 17 heavy (non-hydrogen) atoms. The normalized spacial score (nSPS) is 18.5. The van der Waals surface area contributed by atoms with Crippen LogP contribution in [0.25, 0.3) is 0 Å². The Labute approximate surface area is 98.8 Å². The fourth-order valence-corrected chi connectivity index (χ4v) is 1.30. The lowest BCUT2D eigenvalue weighted by atomic mass is 10.1. The molecule has 0 aromatic carbocycles. The Morgan fingerprint density at radius 2 is 1.82 bits per heavy atom. The Hall–Kier alpha value is -1.63. The highest BCUT2D eigenvalue weighted by molar-refractivity contribution is 6.27. The van der Waals surface area contributed by atoms with Crippen LogP contribution in [0.15, 0.2) is 0 Å². The molecule has 0 spiro atoms. The molecule has 1 aliphatic rings. The molecule has 1 rings (SSSR count). The second kappa shape index (κ2) is 8.51. The molecule has 7 nitrogen and oxygen atoms in total. The second-order valence-electron chi connectivity index (χ2n) is 3.36. The van der Waals surface area contributed by atoms with Crippen LogP contribution in [0, 0.1) is 0 Å². The minimum Gasteiger partial charge on any atom is -0.473 e. The van der Waals surface area contributed by atoms with Gasteiger partial charge in [-0.15, -0.1) is 0 Å². The van der Waals surface area contributed by atoms with Gasteiger partial charge in [-0.3, -0.25) is 4.79 Å². The Balaban J connectivity index is 0.000000366. The molecule has 98 valence electrons. The molecule has 1 aliphatic heterocycles. The van der Waals surface area contributed by atoms with Crippen LogP contribution in [-0.2, 0) is 19.1 Å². The maximum Gasteiger partial charge on any atom is 0.414 e. The number of hydrogen-bond donors (Lipinski definition) is 3. The predicted octanol–water partition coefficient (Wildman–Crippen LogP) is -0.153. The fourth-order valence-electron chi connectivity index (χ4n) is 1.30. The summed E-state index contributed by atoms with van der Waals surface area (Å²) in [6.07, 6.45) is 3.24. The molecule has 1 saturated heterocycles. The molecule has 0 amide bonds. The van der Waals surface area contributed by atoms with Crippen molar-refractivity contribution in [2.24, 2.45) is 0 Å². The van der Waals surface area contributed by atoms with Gasteiger partial charge in [0, 0.05) is 0 Å². The van der Waals surface area contributed by atoms with Crippen molar-refractivity contribution in [2.45, 2.75) is 32.2 Å². The Bertz CT molecular complexity index is 260. The van der Waals surface area contributed by atoms with E-state index < -0.39 is 11.9 Å². The van der Waals surface area contributed by atoms with Gasteiger partial charge in [0.05, 0.1) is 6.61 Å². The molecule has 1 fully saturated rings. The van der Waals surface area contributed by atoms with Gasteiger partial charge in [-0.2, -0.15) is 0 Å². The summed E-state index contributed by atoms with van der Waals surface area (Å²) >= 11 is 0. The van der Waals surface area contributed by atoms with Gasteiger partial charge in [-0.1, -0.05) is 6.42 Å². The monoisotopic (exact) mass is 247 g/mol. The lowest BCUT2D eigenvalue weighted by Crippen LogP contribution is -2.41. The zero-order valence-corrected chi connectivity index (χ0v) is 9.64. The van der Waals surface area contributed by atoms with E-state index in [0.717, 1.165) is 19.4 Å². The number of piperidine rings is 1. The van der Waals surface area contributed by atoms with E-state index >= 15 is 0 Å². The van der Waals surface area contributed by atoms with Crippen molar-refractivity contribution in [3.8, 4) is 0 Å². The molecular formula is C10H17NO6. The van der Waals surface area contributed by atoms with Gasteiger partial charge in [0.2, 0.25) is 0 Å². The summed E-state index contributed by atoms with van der Waals surface area (Å²) in [7, 11) is 0. The van der Waals surface area contributed by atoms with Crippen LogP contribution in [0.3, 0.4) is 0 Å². The number of carboxylic acid groups (broad SMARTS) is 2. The average Bonchev–Trinajstić information content (AvgIpc) is 2.31. The third-order valence-corrected chi connectivity index (χ3v) is 2.06. The van der Waals surface area contributed by atoms with Crippen molar-refractivity contribution in [2.75, 3.05) is 13.2 Å². The van der Waals surface area contributed by atoms with Crippen LogP contribution >= 0.6 is 0 Å². The zero-order valence-electron chi connectivity index (χ0n) is 9.64. The van der Waals surface area contributed by atoms with Crippen LogP contribution < -0.4 is 5.32 Å². The molecule has 0 aromatic heterocycles. The number of ether oxygens (including phenoxy) is 1. The third kappa shape index (κ3) is 7.29. The first-order chi connectivity index (χ1) is 7.99. The summed E-state index contributed by atoms with van der Waals surface area (Å²) in [5.74, 6) is -3.74. The summed E-state index contributed by atoms with van der Waals surface area (Å²) in [5.41, 5.74) is 0. The number of carboxylic acids is 2. The highest BCUT2D eigenvalue weighted by atomic mass is 16.5. The van der Waals surface area contributed by atoms with Gasteiger partial charge in [0.25, 0.3) is 0 Å². The Morgan fingerprint density at radius 1 is 1.24 bits per heavy atom. The van der Waals surface area contributed by atoms with E-state index in [2.05, 4.69) is 5.32 Å². The number of rotatable bonds is 2. The maximum atomic E-state index is 11.1. The van der Waals surface area contributed by atoms with Gasteiger partial charge in [0.1, 0.15) is 6.04 Å². The summed E-state index contributed by atoms with van der Waals surface area (Å²) in [4.78, 5) is 29.3. The number of hydrogen-bond acceptors (Lipinski definition) is 5. The fraction of sp³-hybridized carbons (Fsp3) is 0.700. The summed E-state index contributed by atoms with van der Waals surface area (Å²) in [6, 6.07) is -0.0382. The first-order valence-corrected chi connectivity index (χ1v) is 5.35. The van der Waals surface area contributed by atoms with Crippen LogP contribution in [-0.4, -0.2) is 47.3 Å². The molecule has 0 aromatic rings. The Morgan fingerprint density at radius 3 is 2.18 bits per heavy atom. The minimum absolute atomic E-state index is 0.0382. The first-order valence-electron chi connectivity index (χ1n) is 5.35.